The number of nitrogens with one attached hydrogen (secondary N) is 1. The number of likely N-dealkylation sites (tertiary alicyclic amines) is 1. The number of rotatable bonds is 5. The second-order valence-corrected chi connectivity index (χ2v) is 9.72. The lowest BCUT2D eigenvalue weighted by Crippen LogP contribution is -2.56. The lowest BCUT2D eigenvalue weighted by molar-refractivity contribution is 0.0473. The molecule has 2 fully saturated rings. The van der Waals surface area contributed by atoms with Crippen molar-refractivity contribution in [3.05, 3.63) is 90.5 Å². The van der Waals surface area contributed by atoms with Gasteiger partial charge in [0.05, 0.1) is 0 Å². The Morgan fingerprint density at radius 2 is 1.94 bits per heavy atom. The number of piperidine rings is 1. The summed E-state index contributed by atoms with van der Waals surface area (Å²) in [6.45, 7) is 6.87. The van der Waals surface area contributed by atoms with Crippen LogP contribution >= 0.6 is 0 Å². The predicted molar refractivity (Wildman–Crippen MR) is 134 cm³/mol. The van der Waals surface area contributed by atoms with Crippen molar-refractivity contribution in [2.24, 2.45) is 5.92 Å². The molecule has 5 rings (SSSR count). The fourth-order valence-electron chi connectivity index (χ4n) is 6.10. The van der Waals surface area contributed by atoms with E-state index < -0.39 is 0 Å². The van der Waals surface area contributed by atoms with Crippen LogP contribution in [0.5, 0.6) is 5.75 Å². The van der Waals surface area contributed by atoms with E-state index in [1.54, 1.807) is 6.07 Å². The molecule has 1 aliphatic heterocycles. The zero-order chi connectivity index (χ0) is 22.8. The smallest absolute Gasteiger partial charge is 0.251 e. The van der Waals surface area contributed by atoms with Crippen molar-refractivity contribution < 1.29 is 9.90 Å². The number of hydrogen-bond acceptors (Lipinski definition) is 3. The van der Waals surface area contributed by atoms with Crippen LogP contribution < -0.4 is 5.32 Å². The Balaban J connectivity index is 1.39. The molecule has 3 aromatic carbocycles. The lowest BCUT2D eigenvalue weighted by Gasteiger charge is -2.53. The molecule has 1 saturated heterocycles. The van der Waals surface area contributed by atoms with E-state index in [2.05, 4.69) is 28.9 Å². The third kappa shape index (κ3) is 4.28. The van der Waals surface area contributed by atoms with Gasteiger partial charge in [-0.2, -0.15) is 0 Å². The van der Waals surface area contributed by atoms with Gasteiger partial charge in [0.1, 0.15) is 5.75 Å². The first-order valence-electron chi connectivity index (χ1n) is 12.0. The molecule has 170 valence electrons. The first-order valence-corrected chi connectivity index (χ1v) is 12.0. The molecule has 3 atom stereocenters. The van der Waals surface area contributed by atoms with Crippen LogP contribution in [0.2, 0.25) is 0 Å². The lowest BCUT2D eigenvalue weighted by atomic mass is 9.58. The van der Waals surface area contributed by atoms with E-state index in [1.807, 2.05) is 54.6 Å². The molecule has 2 aliphatic rings. The largest absolute Gasteiger partial charge is 0.508 e. The zero-order valence-corrected chi connectivity index (χ0v) is 19.0. The predicted octanol–water partition coefficient (Wildman–Crippen LogP) is 5.27. The van der Waals surface area contributed by atoms with Gasteiger partial charge in [-0.1, -0.05) is 48.5 Å². The molecule has 0 spiro atoms. The Bertz CT molecular complexity index is 1170. The minimum atomic E-state index is -0.0318. The molecule has 0 radical (unpaired) electrons. The summed E-state index contributed by atoms with van der Waals surface area (Å²) in [5.74, 6) is 0.817. The van der Waals surface area contributed by atoms with Crippen molar-refractivity contribution in [1.82, 2.24) is 10.2 Å². The van der Waals surface area contributed by atoms with Crippen molar-refractivity contribution in [2.45, 2.75) is 37.1 Å². The molecule has 1 aliphatic carbocycles. The highest BCUT2D eigenvalue weighted by molar-refractivity contribution is 5.98. The highest BCUT2D eigenvalue weighted by atomic mass is 16.3. The molecule has 3 unspecified atom stereocenters. The Labute approximate surface area is 195 Å². The van der Waals surface area contributed by atoms with Gasteiger partial charge in [-0.3, -0.25) is 9.69 Å². The summed E-state index contributed by atoms with van der Waals surface area (Å²) in [5.41, 5.74) is 1.88. The number of nitrogens with zero attached hydrogens (tertiary/aromatic N) is 1. The van der Waals surface area contributed by atoms with E-state index in [0.29, 0.717) is 17.2 Å². The second-order valence-electron chi connectivity index (χ2n) is 9.72. The molecular weight excluding hydrogens is 408 g/mol. The van der Waals surface area contributed by atoms with Gasteiger partial charge in [0.25, 0.3) is 5.91 Å². The van der Waals surface area contributed by atoms with Crippen molar-refractivity contribution in [3.8, 4) is 5.75 Å². The summed E-state index contributed by atoms with van der Waals surface area (Å²) >= 11 is 0. The van der Waals surface area contributed by atoms with E-state index in [0.717, 1.165) is 56.1 Å². The van der Waals surface area contributed by atoms with Crippen LogP contribution in [-0.4, -0.2) is 41.6 Å². The van der Waals surface area contributed by atoms with E-state index in [4.69, 9.17) is 0 Å². The van der Waals surface area contributed by atoms with Crippen molar-refractivity contribution >= 4 is 16.7 Å². The molecule has 33 heavy (non-hydrogen) atoms. The Hall–Kier alpha value is -3.11. The van der Waals surface area contributed by atoms with Crippen molar-refractivity contribution in [2.75, 3.05) is 19.6 Å². The van der Waals surface area contributed by atoms with Crippen LogP contribution in [0.25, 0.3) is 10.8 Å². The number of hydrogen-bond donors (Lipinski definition) is 2. The molecule has 0 aromatic heterocycles. The fourth-order valence-corrected chi connectivity index (χ4v) is 6.10. The van der Waals surface area contributed by atoms with Gasteiger partial charge in [-0.15, -0.1) is 6.58 Å². The number of fused-ring (bicyclic) bond motifs is 2. The van der Waals surface area contributed by atoms with Gasteiger partial charge in [0.2, 0.25) is 0 Å². The Morgan fingerprint density at radius 1 is 1.09 bits per heavy atom. The van der Waals surface area contributed by atoms with Crippen LogP contribution in [0.1, 0.15) is 41.6 Å². The molecule has 2 N–H and O–H groups in total. The highest BCUT2D eigenvalue weighted by Crippen LogP contribution is 2.49. The zero-order valence-electron chi connectivity index (χ0n) is 19.0. The van der Waals surface area contributed by atoms with Crippen molar-refractivity contribution in [3.63, 3.8) is 0 Å². The van der Waals surface area contributed by atoms with Crippen LogP contribution in [0.15, 0.2) is 79.4 Å². The summed E-state index contributed by atoms with van der Waals surface area (Å²) < 4.78 is 0. The maximum absolute atomic E-state index is 13.2. The van der Waals surface area contributed by atoms with Gasteiger partial charge >= 0.3 is 0 Å². The third-order valence-corrected chi connectivity index (χ3v) is 7.76. The maximum Gasteiger partial charge on any atom is 0.251 e. The second kappa shape index (κ2) is 9.03. The summed E-state index contributed by atoms with van der Waals surface area (Å²) in [4.78, 5) is 15.7. The number of carbonyl (C=O) groups is 1. The van der Waals surface area contributed by atoms with Gasteiger partial charge in [-0.05, 0) is 78.7 Å². The normalized spacial score (nSPS) is 25.3. The summed E-state index contributed by atoms with van der Waals surface area (Å²) in [5, 5.41) is 15.8. The standard InChI is InChI=1S/C29H32N2O2/c1-2-15-31-16-14-29(24-8-5-9-27(32)18-24)19-26(13-12-25(29)20-31)30-28(33)23-11-10-21-6-3-4-7-22(21)17-23/h2-11,17-18,25-26,32H,1,12-16,19-20H2,(H,30,33). The number of phenolic OH excluding ortho intramolecular Hbond substituents is 1. The quantitative estimate of drug-likeness (QED) is 0.531. The van der Waals surface area contributed by atoms with Gasteiger partial charge in [0, 0.05) is 30.1 Å². The fraction of sp³-hybridized carbons (Fsp3) is 0.345. The number of phenols is 1. The molecular formula is C29H32N2O2. The minimum Gasteiger partial charge on any atom is -0.508 e. The Kier molecular flexibility index (Phi) is 5.94. The topological polar surface area (TPSA) is 52.6 Å². The average Bonchev–Trinajstić information content (AvgIpc) is 2.84. The van der Waals surface area contributed by atoms with E-state index >= 15 is 0 Å². The summed E-state index contributed by atoms with van der Waals surface area (Å²) in [6, 6.07) is 21.9. The van der Waals surface area contributed by atoms with Crippen LogP contribution in [-0.2, 0) is 5.41 Å². The molecule has 1 saturated carbocycles. The number of aromatic hydroxyl groups is 1. The van der Waals surface area contributed by atoms with Gasteiger partial charge in [-0.25, -0.2) is 0 Å². The van der Waals surface area contributed by atoms with Gasteiger partial charge in [0.15, 0.2) is 0 Å². The SMILES string of the molecule is C=CCN1CCC2(c3cccc(O)c3)CC(NC(=O)c3ccc4ccccc4c3)CCC2C1. The molecule has 1 heterocycles. The van der Waals surface area contributed by atoms with Crippen LogP contribution in [0.4, 0.5) is 0 Å². The maximum atomic E-state index is 13.2. The minimum absolute atomic E-state index is 0.000597. The molecule has 3 aromatic rings. The Morgan fingerprint density at radius 3 is 2.76 bits per heavy atom. The van der Waals surface area contributed by atoms with E-state index in [1.165, 1.54) is 5.56 Å². The summed E-state index contributed by atoms with van der Waals surface area (Å²) in [7, 11) is 0. The average molecular weight is 441 g/mol. The van der Waals surface area contributed by atoms with Crippen LogP contribution in [0.3, 0.4) is 0 Å². The first kappa shape index (κ1) is 21.7. The highest BCUT2D eigenvalue weighted by Gasteiger charge is 2.48. The number of benzene rings is 3. The van der Waals surface area contributed by atoms with E-state index in [9.17, 15) is 9.90 Å². The molecule has 4 nitrogen and oxygen atoms in total. The third-order valence-electron chi connectivity index (χ3n) is 7.76. The van der Waals surface area contributed by atoms with E-state index in [-0.39, 0.29) is 17.4 Å². The number of carbonyl (C=O) groups excluding carboxylic acids is 1. The summed E-state index contributed by atoms with van der Waals surface area (Å²) in [6.07, 6.45) is 5.95. The monoisotopic (exact) mass is 440 g/mol. The molecule has 0 bridgehead atoms. The molecule has 1 amide bonds. The molecule has 4 heteroatoms. The number of amides is 1. The first-order chi connectivity index (χ1) is 16.1. The van der Waals surface area contributed by atoms with Crippen molar-refractivity contribution in [1.29, 1.82) is 0 Å². The van der Waals surface area contributed by atoms with Gasteiger partial charge < -0.3 is 10.4 Å². The van der Waals surface area contributed by atoms with Crippen LogP contribution in [0, 0.1) is 5.92 Å².